The fourth-order valence-electron chi connectivity index (χ4n) is 1.80. The SMILES string of the molecule is O=C(O)Cc1ccnc(-c2cc(CC(=O)O)ccn2)c1. The van der Waals surface area contributed by atoms with Crippen LogP contribution in [0.5, 0.6) is 0 Å². The maximum absolute atomic E-state index is 10.7. The van der Waals surface area contributed by atoms with E-state index >= 15 is 0 Å². The smallest absolute Gasteiger partial charge is 0.307 e. The molecule has 0 fully saturated rings. The van der Waals surface area contributed by atoms with Crippen molar-refractivity contribution in [1.82, 2.24) is 9.97 Å². The van der Waals surface area contributed by atoms with Gasteiger partial charge in [-0.15, -0.1) is 0 Å². The van der Waals surface area contributed by atoms with Crippen LogP contribution in [0.3, 0.4) is 0 Å². The van der Waals surface area contributed by atoms with E-state index in [2.05, 4.69) is 9.97 Å². The van der Waals surface area contributed by atoms with Gasteiger partial charge < -0.3 is 10.2 Å². The zero-order chi connectivity index (χ0) is 14.5. The maximum atomic E-state index is 10.7. The predicted octanol–water partition coefficient (Wildman–Crippen LogP) is 1.40. The number of rotatable bonds is 5. The van der Waals surface area contributed by atoms with Gasteiger partial charge in [-0.3, -0.25) is 19.6 Å². The average molecular weight is 272 g/mol. The van der Waals surface area contributed by atoms with Crippen LogP contribution in [0.2, 0.25) is 0 Å². The fraction of sp³-hybridized carbons (Fsp3) is 0.143. The minimum atomic E-state index is -0.922. The van der Waals surface area contributed by atoms with E-state index in [1.54, 1.807) is 24.3 Å². The van der Waals surface area contributed by atoms with E-state index in [-0.39, 0.29) is 12.8 Å². The van der Waals surface area contributed by atoms with E-state index in [4.69, 9.17) is 10.2 Å². The number of hydrogen-bond donors (Lipinski definition) is 2. The highest BCUT2D eigenvalue weighted by molar-refractivity contribution is 5.72. The van der Waals surface area contributed by atoms with Crippen molar-refractivity contribution in [1.29, 1.82) is 0 Å². The van der Waals surface area contributed by atoms with Crippen LogP contribution in [0.15, 0.2) is 36.7 Å². The van der Waals surface area contributed by atoms with Gasteiger partial charge in [0.25, 0.3) is 0 Å². The van der Waals surface area contributed by atoms with Gasteiger partial charge in [-0.1, -0.05) is 0 Å². The fourth-order valence-corrected chi connectivity index (χ4v) is 1.80. The van der Waals surface area contributed by atoms with Crippen molar-refractivity contribution in [2.75, 3.05) is 0 Å². The molecule has 0 atom stereocenters. The molecular weight excluding hydrogens is 260 g/mol. The lowest BCUT2D eigenvalue weighted by molar-refractivity contribution is -0.137. The number of aromatic nitrogens is 2. The first kappa shape index (κ1) is 13.7. The zero-order valence-electron chi connectivity index (χ0n) is 10.5. The third kappa shape index (κ3) is 3.61. The summed E-state index contributed by atoms with van der Waals surface area (Å²) in [5.41, 5.74) is 2.29. The highest BCUT2D eigenvalue weighted by Crippen LogP contribution is 2.17. The van der Waals surface area contributed by atoms with Crippen LogP contribution in [0.25, 0.3) is 11.4 Å². The van der Waals surface area contributed by atoms with E-state index in [9.17, 15) is 9.59 Å². The molecular formula is C14H12N2O4. The minimum absolute atomic E-state index is 0.0929. The molecule has 0 bridgehead atoms. The molecule has 0 radical (unpaired) electrons. The van der Waals surface area contributed by atoms with Crippen molar-refractivity contribution >= 4 is 11.9 Å². The summed E-state index contributed by atoms with van der Waals surface area (Å²) in [5, 5.41) is 17.5. The van der Waals surface area contributed by atoms with E-state index in [0.29, 0.717) is 22.5 Å². The predicted molar refractivity (Wildman–Crippen MR) is 70.1 cm³/mol. The summed E-state index contributed by atoms with van der Waals surface area (Å²) in [5.74, 6) is -1.84. The Bertz CT molecular complexity index is 598. The number of pyridine rings is 2. The minimum Gasteiger partial charge on any atom is -0.481 e. The van der Waals surface area contributed by atoms with Gasteiger partial charge in [0.15, 0.2) is 0 Å². The number of carbonyl (C=O) groups is 2. The van der Waals surface area contributed by atoms with E-state index in [0.717, 1.165) is 0 Å². The average Bonchev–Trinajstić information content (AvgIpc) is 2.38. The molecule has 6 heteroatoms. The summed E-state index contributed by atoms with van der Waals surface area (Å²) in [6.07, 6.45) is 2.84. The number of carboxylic acids is 2. The third-order valence-corrected chi connectivity index (χ3v) is 2.62. The Balaban J connectivity index is 2.31. The van der Waals surface area contributed by atoms with Gasteiger partial charge in [-0.05, 0) is 35.4 Å². The first-order valence-corrected chi connectivity index (χ1v) is 5.88. The molecule has 102 valence electrons. The van der Waals surface area contributed by atoms with Gasteiger partial charge in [0.1, 0.15) is 0 Å². The van der Waals surface area contributed by atoms with Crippen molar-refractivity contribution in [2.24, 2.45) is 0 Å². The van der Waals surface area contributed by atoms with E-state index in [1.807, 2.05) is 0 Å². The highest BCUT2D eigenvalue weighted by Gasteiger charge is 2.07. The number of nitrogens with zero attached hydrogens (tertiary/aromatic N) is 2. The van der Waals surface area contributed by atoms with Crippen LogP contribution in [0.1, 0.15) is 11.1 Å². The standard InChI is InChI=1S/C14H12N2O4/c17-13(18)7-9-1-3-15-11(5-9)12-6-10(2-4-16-12)8-14(19)20/h1-6H,7-8H2,(H,17,18)(H,19,20). The Hall–Kier alpha value is -2.76. The molecule has 0 aromatic carbocycles. The second kappa shape index (κ2) is 5.92. The molecule has 2 rings (SSSR count). The van der Waals surface area contributed by atoms with Crippen LogP contribution in [0, 0.1) is 0 Å². The summed E-state index contributed by atoms with van der Waals surface area (Å²) in [7, 11) is 0. The largest absolute Gasteiger partial charge is 0.481 e. The summed E-state index contributed by atoms with van der Waals surface area (Å²) in [4.78, 5) is 29.6. The Morgan fingerprint density at radius 3 is 1.60 bits per heavy atom. The van der Waals surface area contributed by atoms with Crippen molar-refractivity contribution in [3.8, 4) is 11.4 Å². The van der Waals surface area contributed by atoms with Crippen molar-refractivity contribution in [3.63, 3.8) is 0 Å². The monoisotopic (exact) mass is 272 g/mol. The van der Waals surface area contributed by atoms with Crippen molar-refractivity contribution in [3.05, 3.63) is 47.8 Å². The van der Waals surface area contributed by atoms with E-state index in [1.165, 1.54) is 12.4 Å². The van der Waals surface area contributed by atoms with Crippen molar-refractivity contribution < 1.29 is 19.8 Å². The molecule has 0 aliphatic heterocycles. The number of hydrogen-bond acceptors (Lipinski definition) is 4. The molecule has 2 N–H and O–H groups in total. The second-order valence-corrected chi connectivity index (χ2v) is 4.24. The molecule has 0 saturated carbocycles. The molecule has 0 spiro atoms. The lowest BCUT2D eigenvalue weighted by atomic mass is 10.1. The van der Waals surface area contributed by atoms with E-state index < -0.39 is 11.9 Å². The molecule has 0 aliphatic rings. The Morgan fingerprint density at radius 2 is 1.25 bits per heavy atom. The Morgan fingerprint density at radius 1 is 0.850 bits per heavy atom. The van der Waals surface area contributed by atoms with Gasteiger partial charge in [0.05, 0.1) is 24.2 Å². The molecule has 20 heavy (non-hydrogen) atoms. The molecule has 0 unspecified atom stereocenters. The first-order chi connectivity index (χ1) is 9.54. The molecule has 0 aliphatic carbocycles. The number of aliphatic carboxylic acids is 2. The van der Waals surface area contributed by atoms with Crippen LogP contribution in [-0.2, 0) is 22.4 Å². The molecule has 2 aromatic rings. The quantitative estimate of drug-likeness (QED) is 0.853. The van der Waals surface area contributed by atoms with Crippen LogP contribution in [0.4, 0.5) is 0 Å². The van der Waals surface area contributed by atoms with Crippen molar-refractivity contribution in [2.45, 2.75) is 12.8 Å². The van der Waals surface area contributed by atoms with Gasteiger partial charge in [0, 0.05) is 12.4 Å². The summed E-state index contributed by atoms with van der Waals surface area (Å²) >= 11 is 0. The normalized spacial score (nSPS) is 10.2. The van der Waals surface area contributed by atoms with Crippen LogP contribution < -0.4 is 0 Å². The van der Waals surface area contributed by atoms with Crippen LogP contribution in [-0.4, -0.2) is 32.1 Å². The zero-order valence-corrected chi connectivity index (χ0v) is 10.5. The first-order valence-electron chi connectivity index (χ1n) is 5.88. The van der Waals surface area contributed by atoms with Gasteiger partial charge in [-0.2, -0.15) is 0 Å². The van der Waals surface area contributed by atoms with Gasteiger partial charge in [-0.25, -0.2) is 0 Å². The van der Waals surface area contributed by atoms with Gasteiger partial charge >= 0.3 is 11.9 Å². The summed E-state index contributed by atoms with van der Waals surface area (Å²) in [6, 6.07) is 6.53. The van der Waals surface area contributed by atoms with Crippen LogP contribution >= 0.6 is 0 Å². The number of carboxylic acid groups (broad SMARTS) is 2. The topological polar surface area (TPSA) is 100 Å². The third-order valence-electron chi connectivity index (χ3n) is 2.62. The highest BCUT2D eigenvalue weighted by atomic mass is 16.4. The molecule has 6 nitrogen and oxygen atoms in total. The molecule has 2 heterocycles. The summed E-state index contributed by atoms with van der Waals surface area (Å²) < 4.78 is 0. The lowest BCUT2D eigenvalue weighted by Crippen LogP contribution is -2.02. The van der Waals surface area contributed by atoms with Gasteiger partial charge in [0.2, 0.25) is 0 Å². The summed E-state index contributed by atoms with van der Waals surface area (Å²) in [6.45, 7) is 0. The maximum Gasteiger partial charge on any atom is 0.307 e. The Kier molecular flexibility index (Phi) is 4.05. The lowest BCUT2D eigenvalue weighted by Gasteiger charge is -2.04. The Labute approximate surface area is 114 Å². The second-order valence-electron chi connectivity index (χ2n) is 4.24. The molecule has 0 amide bonds. The molecule has 2 aromatic heterocycles. The molecule has 0 saturated heterocycles.